The van der Waals surface area contributed by atoms with Crippen molar-refractivity contribution in [2.75, 3.05) is 0 Å². The third-order valence-electron chi connectivity index (χ3n) is 4.61. The quantitative estimate of drug-likeness (QED) is 0.753. The summed E-state index contributed by atoms with van der Waals surface area (Å²) >= 11 is 0. The van der Waals surface area contributed by atoms with E-state index in [1.165, 1.54) is 0 Å². The molecule has 3 rings (SSSR count). The van der Waals surface area contributed by atoms with Crippen molar-refractivity contribution in [3.05, 3.63) is 60.2 Å². The molecule has 1 aliphatic carbocycles. The summed E-state index contributed by atoms with van der Waals surface area (Å²) < 4.78 is 11.2. The minimum absolute atomic E-state index is 0.303. The van der Waals surface area contributed by atoms with Gasteiger partial charge in [-0.25, -0.2) is 0 Å². The zero-order chi connectivity index (χ0) is 17.2. The van der Waals surface area contributed by atoms with Crippen molar-refractivity contribution in [1.29, 1.82) is 5.26 Å². The molecule has 3 atom stereocenters. The van der Waals surface area contributed by atoms with Crippen LogP contribution in [-0.2, 0) is 9.53 Å². The molecule has 1 aliphatic rings. The summed E-state index contributed by atoms with van der Waals surface area (Å²) in [6, 6.07) is 18.5. The molecule has 0 aromatic heterocycles. The van der Waals surface area contributed by atoms with E-state index in [1.54, 1.807) is 24.3 Å². The Morgan fingerprint density at radius 1 is 1.21 bits per heavy atom. The molecule has 0 spiro atoms. The Hall–Kier alpha value is -2.80. The van der Waals surface area contributed by atoms with Gasteiger partial charge < -0.3 is 9.47 Å². The van der Waals surface area contributed by atoms with E-state index in [0.29, 0.717) is 23.0 Å². The molecule has 0 amide bonds. The minimum Gasteiger partial charge on any atom is -0.457 e. The van der Waals surface area contributed by atoms with Crippen LogP contribution in [0.15, 0.2) is 54.6 Å². The first-order valence-corrected chi connectivity index (χ1v) is 7.96. The predicted octanol–water partition coefficient (Wildman–Crippen LogP) is 4.63. The third-order valence-corrected chi connectivity index (χ3v) is 4.61. The minimum atomic E-state index is -0.929. The number of esters is 1. The Morgan fingerprint density at radius 2 is 1.88 bits per heavy atom. The number of hydrogen-bond acceptors (Lipinski definition) is 4. The molecule has 0 aliphatic heterocycles. The van der Waals surface area contributed by atoms with Crippen LogP contribution in [0.25, 0.3) is 0 Å². The summed E-state index contributed by atoms with van der Waals surface area (Å²) in [5.74, 6) is 1.30. The van der Waals surface area contributed by atoms with Gasteiger partial charge in [-0.1, -0.05) is 37.3 Å². The SMILES string of the molecule is CC1CC1(C)C(=O)OC(C#N)c1cccc(Oc2ccccc2)c1. The fourth-order valence-electron chi connectivity index (χ4n) is 2.64. The number of nitriles is 1. The van der Waals surface area contributed by atoms with Gasteiger partial charge in [0.15, 0.2) is 0 Å². The number of ether oxygens (including phenoxy) is 2. The lowest BCUT2D eigenvalue weighted by Crippen LogP contribution is -2.20. The highest BCUT2D eigenvalue weighted by Gasteiger charge is 2.55. The predicted molar refractivity (Wildman–Crippen MR) is 89.3 cm³/mol. The van der Waals surface area contributed by atoms with E-state index in [-0.39, 0.29) is 5.97 Å². The molecule has 0 saturated heterocycles. The zero-order valence-electron chi connectivity index (χ0n) is 13.7. The second-order valence-electron chi connectivity index (χ2n) is 6.42. The van der Waals surface area contributed by atoms with Crippen LogP contribution in [0.4, 0.5) is 0 Å². The van der Waals surface area contributed by atoms with Crippen molar-refractivity contribution < 1.29 is 14.3 Å². The molecule has 3 unspecified atom stereocenters. The van der Waals surface area contributed by atoms with Crippen LogP contribution < -0.4 is 4.74 Å². The molecule has 24 heavy (non-hydrogen) atoms. The van der Waals surface area contributed by atoms with Crippen LogP contribution in [0, 0.1) is 22.7 Å². The number of nitrogens with zero attached hydrogens (tertiary/aromatic N) is 1. The van der Waals surface area contributed by atoms with E-state index in [2.05, 4.69) is 6.07 Å². The Labute approximate surface area is 141 Å². The van der Waals surface area contributed by atoms with Gasteiger partial charge in [-0.15, -0.1) is 0 Å². The fourth-order valence-corrected chi connectivity index (χ4v) is 2.64. The van der Waals surface area contributed by atoms with Gasteiger partial charge in [0.25, 0.3) is 0 Å². The number of para-hydroxylation sites is 1. The molecule has 122 valence electrons. The topological polar surface area (TPSA) is 59.3 Å². The summed E-state index contributed by atoms with van der Waals surface area (Å²) in [6.45, 7) is 3.89. The van der Waals surface area contributed by atoms with Crippen molar-refractivity contribution in [2.24, 2.45) is 11.3 Å². The highest BCUT2D eigenvalue weighted by atomic mass is 16.5. The van der Waals surface area contributed by atoms with Crippen LogP contribution in [0.5, 0.6) is 11.5 Å². The molecule has 0 radical (unpaired) electrons. The molecule has 4 heteroatoms. The zero-order valence-corrected chi connectivity index (χ0v) is 13.7. The highest BCUT2D eigenvalue weighted by molar-refractivity contribution is 5.80. The Morgan fingerprint density at radius 3 is 2.50 bits per heavy atom. The molecule has 0 N–H and O–H groups in total. The number of carbonyl (C=O) groups is 1. The van der Waals surface area contributed by atoms with Gasteiger partial charge in [0, 0.05) is 5.56 Å². The summed E-state index contributed by atoms with van der Waals surface area (Å²) in [7, 11) is 0. The van der Waals surface area contributed by atoms with Gasteiger partial charge in [-0.3, -0.25) is 4.79 Å². The van der Waals surface area contributed by atoms with Crippen molar-refractivity contribution in [3.63, 3.8) is 0 Å². The molecule has 2 aromatic rings. The first kappa shape index (κ1) is 16.1. The molecule has 1 saturated carbocycles. The summed E-state index contributed by atoms with van der Waals surface area (Å²) in [6.07, 6.45) is -0.123. The van der Waals surface area contributed by atoms with E-state index >= 15 is 0 Å². The van der Waals surface area contributed by atoms with Gasteiger partial charge in [-0.05, 0) is 43.5 Å². The average molecular weight is 321 g/mol. The lowest BCUT2D eigenvalue weighted by atomic mass is 10.1. The van der Waals surface area contributed by atoms with Crippen LogP contribution in [0.1, 0.15) is 31.9 Å². The van der Waals surface area contributed by atoms with E-state index < -0.39 is 11.5 Å². The van der Waals surface area contributed by atoms with Gasteiger partial charge in [0.2, 0.25) is 6.10 Å². The van der Waals surface area contributed by atoms with E-state index in [0.717, 1.165) is 6.42 Å². The van der Waals surface area contributed by atoms with E-state index in [1.807, 2.05) is 44.2 Å². The molecular formula is C20H19NO3. The Balaban J connectivity index is 1.74. The Kier molecular flexibility index (Phi) is 4.26. The van der Waals surface area contributed by atoms with Gasteiger partial charge in [0.05, 0.1) is 5.41 Å². The second-order valence-corrected chi connectivity index (χ2v) is 6.42. The lowest BCUT2D eigenvalue weighted by molar-refractivity contribution is -0.153. The third kappa shape index (κ3) is 3.26. The van der Waals surface area contributed by atoms with Gasteiger partial charge >= 0.3 is 5.97 Å². The van der Waals surface area contributed by atoms with Gasteiger partial charge in [0.1, 0.15) is 17.6 Å². The highest BCUT2D eigenvalue weighted by Crippen LogP contribution is 2.53. The molecule has 2 aromatic carbocycles. The molecule has 0 bridgehead atoms. The molecular weight excluding hydrogens is 302 g/mol. The summed E-state index contributed by atoms with van der Waals surface area (Å²) in [5.41, 5.74) is 0.156. The standard InChI is InChI=1S/C20H19NO3/c1-14-12-20(14,2)19(22)24-18(13-21)15-7-6-10-17(11-15)23-16-8-4-3-5-9-16/h3-11,14,18H,12H2,1-2H3. The number of rotatable bonds is 5. The van der Waals surface area contributed by atoms with Gasteiger partial charge in [-0.2, -0.15) is 5.26 Å². The first-order chi connectivity index (χ1) is 11.5. The smallest absolute Gasteiger partial charge is 0.313 e. The summed E-state index contributed by atoms with van der Waals surface area (Å²) in [5, 5.41) is 9.39. The maximum Gasteiger partial charge on any atom is 0.313 e. The second kappa shape index (κ2) is 6.37. The summed E-state index contributed by atoms with van der Waals surface area (Å²) in [4.78, 5) is 12.3. The van der Waals surface area contributed by atoms with E-state index in [4.69, 9.17) is 9.47 Å². The average Bonchev–Trinajstić information content (AvgIpc) is 3.22. The normalized spacial score (nSPS) is 23.0. The number of benzene rings is 2. The van der Waals surface area contributed by atoms with E-state index in [9.17, 15) is 10.1 Å². The van der Waals surface area contributed by atoms with Crippen molar-refractivity contribution in [1.82, 2.24) is 0 Å². The van der Waals surface area contributed by atoms with Crippen LogP contribution >= 0.6 is 0 Å². The van der Waals surface area contributed by atoms with Crippen molar-refractivity contribution >= 4 is 5.97 Å². The monoisotopic (exact) mass is 321 g/mol. The van der Waals surface area contributed by atoms with Crippen molar-refractivity contribution in [2.45, 2.75) is 26.4 Å². The molecule has 4 nitrogen and oxygen atoms in total. The van der Waals surface area contributed by atoms with Crippen LogP contribution in [0.3, 0.4) is 0 Å². The van der Waals surface area contributed by atoms with Crippen LogP contribution in [0.2, 0.25) is 0 Å². The maximum atomic E-state index is 12.3. The largest absolute Gasteiger partial charge is 0.457 e. The van der Waals surface area contributed by atoms with Crippen LogP contribution in [-0.4, -0.2) is 5.97 Å². The maximum absolute atomic E-state index is 12.3. The first-order valence-electron chi connectivity index (χ1n) is 7.96. The molecule has 0 heterocycles. The fraction of sp³-hybridized carbons (Fsp3) is 0.300. The number of carbonyl (C=O) groups excluding carboxylic acids is 1. The lowest BCUT2D eigenvalue weighted by Gasteiger charge is -2.16. The van der Waals surface area contributed by atoms with Crippen molar-refractivity contribution in [3.8, 4) is 17.6 Å². The molecule has 1 fully saturated rings. The number of hydrogen-bond donors (Lipinski definition) is 0. The Bertz CT molecular complexity index is 781.